The molecule has 0 atom stereocenters. The molecule has 0 aromatic heterocycles. The fourth-order valence-corrected chi connectivity index (χ4v) is 5.82. The van der Waals surface area contributed by atoms with Crippen molar-refractivity contribution in [2.24, 2.45) is 0 Å². The second-order valence-electron chi connectivity index (χ2n) is 13.2. The van der Waals surface area contributed by atoms with Gasteiger partial charge in [0.15, 0.2) is 34.5 Å². The van der Waals surface area contributed by atoms with E-state index < -0.39 is 64.9 Å². The Morgan fingerprint density at radius 1 is 0.600 bits per heavy atom. The van der Waals surface area contributed by atoms with Gasteiger partial charge in [-0.15, -0.1) is 0 Å². The Morgan fingerprint density at radius 3 is 1.54 bits per heavy atom. The van der Waals surface area contributed by atoms with Crippen LogP contribution in [0.3, 0.4) is 0 Å². The van der Waals surface area contributed by atoms with Gasteiger partial charge in [0.05, 0.1) is 62.1 Å². The number of nitriles is 1. The SMILES string of the molecule is CC#N.COc1c(NC(=O)c2ccc(NC(=O)c3ccc(NC(=O)CNC(=O)c4ccc(NC(=O)/C(C)=C/c5ccc(O)cc5)c(OC)c4O)cc3)c(OC)c2O)ccc(C(=O)O)c1O. The van der Waals surface area contributed by atoms with Gasteiger partial charge in [-0.05, 0) is 91.4 Å². The summed E-state index contributed by atoms with van der Waals surface area (Å²) in [4.78, 5) is 76.1. The van der Waals surface area contributed by atoms with Gasteiger partial charge >= 0.3 is 5.97 Å². The number of carboxylic acid groups (broad SMARTS) is 1. The summed E-state index contributed by atoms with van der Waals surface area (Å²) in [5.41, 5.74) is 0.287. The third-order valence-electron chi connectivity index (χ3n) is 8.95. The van der Waals surface area contributed by atoms with Crippen molar-refractivity contribution in [3.8, 4) is 46.3 Å². The minimum absolute atomic E-state index is 0.0158. The van der Waals surface area contributed by atoms with Crippen LogP contribution in [-0.4, -0.2) is 88.9 Å². The summed E-state index contributed by atoms with van der Waals surface area (Å²) in [5.74, 6) is -7.67. The molecule has 5 aromatic carbocycles. The van der Waals surface area contributed by atoms with E-state index in [0.29, 0.717) is 11.1 Å². The molecule has 336 valence electrons. The number of phenols is 4. The highest BCUT2D eigenvalue weighted by atomic mass is 16.5. The molecule has 65 heavy (non-hydrogen) atoms. The lowest BCUT2D eigenvalue weighted by Crippen LogP contribution is -2.33. The minimum atomic E-state index is -1.43. The lowest BCUT2D eigenvalue weighted by atomic mass is 10.1. The molecular weight excluding hydrogens is 849 g/mol. The van der Waals surface area contributed by atoms with Gasteiger partial charge in [0.2, 0.25) is 5.91 Å². The fraction of sp³-hybridized carbons (Fsp3) is 0.133. The number of carbonyl (C=O) groups is 6. The first kappa shape index (κ1) is 48.4. The summed E-state index contributed by atoms with van der Waals surface area (Å²) in [6, 6.07) is 20.8. The summed E-state index contributed by atoms with van der Waals surface area (Å²) < 4.78 is 15.6. The first-order valence-electron chi connectivity index (χ1n) is 18.8. The van der Waals surface area contributed by atoms with Crippen LogP contribution in [0.15, 0.2) is 90.5 Å². The monoisotopic (exact) mass is 890 g/mol. The van der Waals surface area contributed by atoms with Crippen LogP contribution in [-0.2, 0) is 9.59 Å². The van der Waals surface area contributed by atoms with Crippen LogP contribution in [0.2, 0.25) is 0 Å². The summed E-state index contributed by atoms with van der Waals surface area (Å²) in [7, 11) is 3.58. The van der Waals surface area contributed by atoms with Gasteiger partial charge in [-0.1, -0.05) is 12.1 Å². The molecule has 0 bridgehead atoms. The number of phenolic OH excluding ortho intramolecular Hbond substituents is 3. The highest BCUT2D eigenvalue weighted by Gasteiger charge is 2.25. The smallest absolute Gasteiger partial charge is 0.339 e. The van der Waals surface area contributed by atoms with E-state index in [4.69, 9.17) is 19.5 Å². The van der Waals surface area contributed by atoms with E-state index >= 15 is 0 Å². The Kier molecular flexibility index (Phi) is 16.4. The maximum Gasteiger partial charge on any atom is 0.339 e. The molecule has 0 fully saturated rings. The van der Waals surface area contributed by atoms with E-state index in [0.717, 1.165) is 13.2 Å². The molecule has 10 N–H and O–H groups in total. The lowest BCUT2D eigenvalue weighted by molar-refractivity contribution is -0.115. The Balaban J connectivity index is 0.00000300. The zero-order valence-electron chi connectivity index (χ0n) is 35.2. The Hall–Kier alpha value is -9.25. The van der Waals surface area contributed by atoms with Crippen LogP contribution in [0.4, 0.5) is 22.7 Å². The van der Waals surface area contributed by atoms with Gasteiger partial charge < -0.3 is 66.3 Å². The zero-order valence-corrected chi connectivity index (χ0v) is 35.2. The standard InChI is InChI=1S/C43H39N5O14.C2H3N/c1-21(19-22-5-11-25(49)12-6-22)39(54)46-29-16-13-26(33(51)36(29)60-2)41(56)44-20-32(50)45-24-9-7-23(8-10-24)40(55)47-30-17-14-27(34(52)37(30)61-3)42(57)48-31-18-15-28(43(58)59)35(53)38(31)62-4;1-2-3/h5-19,49,51-53H,20H2,1-4H3,(H,44,56)(H,45,50)(H,46,54)(H,47,55)(H,48,57)(H,58,59);1H3/b21-19+;. The summed E-state index contributed by atoms with van der Waals surface area (Å²) in [5, 5.41) is 70.6. The molecule has 0 saturated heterocycles. The highest BCUT2D eigenvalue weighted by Crippen LogP contribution is 2.41. The number of anilines is 4. The zero-order chi connectivity index (χ0) is 48.0. The quantitative estimate of drug-likeness (QED) is 0.0566. The van der Waals surface area contributed by atoms with Crippen LogP contribution >= 0.6 is 0 Å². The Bertz CT molecular complexity index is 2710. The maximum atomic E-state index is 13.1. The molecule has 0 aliphatic carbocycles. The third kappa shape index (κ3) is 12.0. The van der Waals surface area contributed by atoms with E-state index in [2.05, 4.69) is 26.6 Å². The normalized spacial score (nSPS) is 10.4. The van der Waals surface area contributed by atoms with Crippen molar-refractivity contribution in [3.63, 3.8) is 0 Å². The molecule has 20 heteroatoms. The summed E-state index contributed by atoms with van der Waals surface area (Å²) in [6.07, 6.45) is 1.59. The predicted molar refractivity (Wildman–Crippen MR) is 236 cm³/mol. The fourth-order valence-electron chi connectivity index (χ4n) is 5.82. The molecule has 0 heterocycles. The van der Waals surface area contributed by atoms with Crippen molar-refractivity contribution in [1.29, 1.82) is 5.26 Å². The average molecular weight is 891 g/mol. The Labute approximate surface area is 370 Å². The molecule has 5 aromatic rings. The number of ether oxygens (including phenoxy) is 3. The van der Waals surface area contributed by atoms with Crippen LogP contribution in [0.1, 0.15) is 60.8 Å². The molecular formula is C45H42N6O14. The van der Waals surface area contributed by atoms with Crippen molar-refractivity contribution in [3.05, 3.63) is 118 Å². The molecule has 5 amide bonds. The molecule has 0 saturated carbocycles. The molecule has 0 unspecified atom stereocenters. The van der Waals surface area contributed by atoms with E-state index in [-0.39, 0.29) is 62.4 Å². The van der Waals surface area contributed by atoms with Gasteiger partial charge in [-0.3, -0.25) is 24.0 Å². The van der Waals surface area contributed by atoms with E-state index in [9.17, 15) is 54.3 Å². The first-order chi connectivity index (χ1) is 31.0. The average Bonchev–Trinajstić information content (AvgIpc) is 3.27. The van der Waals surface area contributed by atoms with Gasteiger partial charge in [-0.2, -0.15) is 5.26 Å². The number of benzene rings is 5. The third-order valence-corrected chi connectivity index (χ3v) is 8.95. The summed E-state index contributed by atoms with van der Waals surface area (Å²) >= 11 is 0. The largest absolute Gasteiger partial charge is 0.508 e. The molecule has 5 rings (SSSR count). The van der Waals surface area contributed by atoms with Gasteiger partial charge in [0.25, 0.3) is 23.6 Å². The van der Waals surface area contributed by atoms with Crippen molar-refractivity contribution in [2.75, 3.05) is 49.1 Å². The molecule has 0 aliphatic rings. The highest BCUT2D eigenvalue weighted by molar-refractivity contribution is 6.11. The first-order valence-corrected chi connectivity index (χ1v) is 18.8. The second-order valence-corrected chi connectivity index (χ2v) is 13.2. The number of rotatable bonds is 15. The number of carbonyl (C=O) groups excluding carboxylic acids is 5. The number of carboxylic acids is 1. The topological polar surface area (TPSA) is 315 Å². The van der Waals surface area contributed by atoms with Crippen molar-refractivity contribution in [2.45, 2.75) is 13.8 Å². The minimum Gasteiger partial charge on any atom is -0.508 e. The number of nitrogens with one attached hydrogen (secondary N) is 5. The summed E-state index contributed by atoms with van der Waals surface area (Å²) in [6.45, 7) is 2.47. The van der Waals surface area contributed by atoms with E-state index in [1.807, 2.05) is 0 Å². The van der Waals surface area contributed by atoms with Crippen LogP contribution in [0.25, 0.3) is 6.08 Å². The van der Waals surface area contributed by atoms with Crippen molar-refractivity contribution < 1.29 is 68.5 Å². The number of methoxy groups -OCH3 is 3. The molecule has 0 aliphatic heterocycles. The number of hydrogen-bond acceptors (Lipinski definition) is 14. The molecule has 20 nitrogen and oxygen atoms in total. The van der Waals surface area contributed by atoms with E-state index in [1.165, 1.54) is 87.9 Å². The van der Waals surface area contributed by atoms with Gasteiger partial charge in [-0.25, -0.2) is 4.79 Å². The number of amides is 5. The maximum absolute atomic E-state index is 13.1. The number of aromatic carboxylic acids is 1. The number of hydrogen-bond donors (Lipinski definition) is 10. The van der Waals surface area contributed by atoms with Crippen molar-refractivity contribution in [1.82, 2.24) is 5.32 Å². The van der Waals surface area contributed by atoms with Crippen LogP contribution in [0, 0.1) is 11.3 Å². The molecule has 0 radical (unpaired) electrons. The van der Waals surface area contributed by atoms with Gasteiger partial charge in [0.1, 0.15) is 11.3 Å². The van der Waals surface area contributed by atoms with Gasteiger partial charge in [0, 0.05) is 23.7 Å². The lowest BCUT2D eigenvalue weighted by Gasteiger charge is -2.16. The Morgan fingerprint density at radius 2 is 1.05 bits per heavy atom. The molecule has 0 spiro atoms. The van der Waals surface area contributed by atoms with E-state index in [1.54, 1.807) is 31.2 Å². The van der Waals surface area contributed by atoms with Crippen molar-refractivity contribution >= 4 is 64.3 Å². The van der Waals surface area contributed by atoms with Crippen LogP contribution < -0.4 is 40.8 Å². The van der Waals surface area contributed by atoms with Crippen LogP contribution in [0.5, 0.6) is 40.2 Å². The number of nitrogens with zero attached hydrogens (tertiary/aromatic N) is 1. The second kappa shape index (κ2) is 22.0. The predicted octanol–water partition coefficient (Wildman–Crippen LogP) is 5.68. The number of aromatic hydroxyl groups is 4.